The average Bonchev–Trinajstić information content (AvgIpc) is 2.51. The summed E-state index contributed by atoms with van der Waals surface area (Å²) in [4.78, 5) is 1.39. The second kappa shape index (κ2) is 6.16. The molecule has 0 amide bonds. The zero-order valence-electron chi connectivity index (χ0n) is 8.71. The zero-order chi connectivity index (χ0) is 10.6. The number of halogens is 1. The van der Waals surface area contributed by atoms with Crippen molar-refractivity contribution >= 4 is 39.0 Å². The van der Waals surface area contributed by atoms with Gasteiger partial charge in [0.15, 0.2) is 0 Å². The van der Waals surface area contributed by atoms with Crippen molar-refractivity contribution in [2.75, 3.05) is 12.0 Å². The third kappa shape index (κ3) is 3.57. The van der Waals surface area contributed by atoms with Gasteiger partial charge >= 0.3 is 0 Å². The summed E-state index contributed by atoms with van der Waals surface area (Å²) in [6.45, 7) is 4.45. The van der Waals surface area contributed by atoms with Crippen LogP contribution in [0.2, 0.25) is 0 Å². The Bertz CT molecular complexity index is 275. The molecule has 0 aliphatic rings. The fourth-order valence-corrected chi connectivity index (χ4v) is 3.75. The van der Waals surface area contributed by atoms with Gasteiger partial charge in [-0.1, -0.05) is 0 Å². The Balaban J connectivity index is 2.50. The fourth-order valence-electron chi connectivity index (χ4n) is 1.41. The molecule has 1 aromatic rings. The van der Waals surface area contributed by atoms with Gasteiger partial charge in [0.2, 0.25) is 0 Å². The second-order valence-corrected chi connectivity index (χ2v) is 6.09. The van der Waals surface area contributed by atoms with Gasteiger partial charge in [-0.25, -0.2) is 0 Å². The minimum atomic E-state index is 0.437. The molecular formula is C10H16BrNS2. The maximum absolute atomic E-state index is 3.58. The van der Waals surface area contributed by atoms with Crippen LogP contribution in [-0.4, -0.2) is 18.1 Å². The minimum absolute atomic E-state index is 0.437. The van der Waals surface area contributed by atoms with Gasteiger partial charge in [0.1, 0.15) is 0 Å². The first kappa shape index (κ1) is 12.6. The monoisotopic (exact) mass is 293 g/mol. The summed E-state index contributed by atoms with van der Waals surface area (Å²) < 4.78 is 1.22. The van der Waals surface area contributed by atoms with E-state index in [2.05, 4.69) is 52.8 Å². The zero-order valence-corrected chi connectivity index (χ0v) is 11.9. The molecule has 0 spiro atoms. The lowest BCUT2D eigenvalue weighted by Crippen LogP contribution is -2.30. The molecule has 0 aliphatic heterocycles. The lowest BCUT2D eigenvalue weighted by molar-refractivity contribution is 0.516. The van der Waals surface area contributed by atoms with Crippen molar-refractivity contribution in [3.8, 4) is 0 Å². The lowest BCUT2D eigenvalue weighted by atomic mass is 10.2. The van der Waals surface area contributed by atoms with Crippen molar-refractivity contribution in [3.05, 3.63) is 20.8 Å². The molecule has 1 N–H and O–H groups in total. The molecule has 0 radical (unpaired) electrons. The molecule has 0 bridgehead atoms. The summed E-state index contributed by atoms with van der Waals surface area (Å²) in [6, 6.07) is 3.11. The molecule has 4 heteroatoms. The SMILES string of the molecule is CSCC(C)NC(C)c1sccc1Br. The summed E-state index contributed by atoms with van der Waals surface area (Å²) in [7, 11) is 0. The van der Waals surface area contributed by atoms with Crippen LogP contribution in [-0.2, 0) is 0 Å². The molecule has 0 saturated carbocycles. The quantitative estimate of drug-likeness (QED) is 0.883. The van der Waals surface area contributed by atoms with E-state index in [9.17, 15) is 0 Å². The first-order valence-corrected chi connectivity index (χ1v) is 7.69. The number of thiophene rings is 1. The Labute approximate surface area is 103 Å². The van der Waals surface area contributed by atoms with Crippen LogP contribution in [0.4, 0.5) is 0 Å². The van der Waals surface area contributed by atoms with Gasteiger partial charge in [0.05, 0.1) is 0 Å². The van der Waals surface area contributed by atoms with Crippen molar-refractivity contribution in [3.63, 3.8) is 0 Å². The predicted octanol–water partition coefficient (Wildman–Crippen LogP) is 3.91. The molecule has 1 rings (SSSR count). The number of rotatable bonds is 5. The predicted molar refractivity (Wildman–Crippen MR) is 71.4 cm³/mol. The van der Waals surface area contributed by atoms with E-state index in [1.165, 1.54) is 9.35 Å². The molecule has 1 nitrogen and oxygen atoms in total. The van der Waals surface area contributed by atoms with E-state index in [1.807, 2.05) is 11.8 Å². The number of hydrogen-bond donors (Lipinski definition) is 1. The normalized spacial score (nSPS) is 15.4. The van der Waals surface area contributed by atoms with E-state index in [0.717, 1.165) is 5.75 Å². The topological polar surface area (TPSA) is 12.0 Å². The Morgan fingerprint density at radius 3 is 2.79 bits per heavy atom. The van der Waals surface area contributed by atoms with Crippen LogP contribution < -0.4 is 5.32 Å². The van der Waals surface area contributed by atoms with Crippen molar-refractivity contribution in [2.24, 2.45) is 0 Å². The molecule has 1 aromatic heterocycles. The van der Waals surface area contributed by atoms with Crippen LogP contribution in [0, 0.1) is 0 Å². The van der Waals surface area contributed by atoms with Crippen LogP contribution in [0.1, 0.15) is 24.8 Å². The van der Waals surface area contributed by atoms with E-state index in [-0.39, 0.29) is 0 Å². The molecule has 0 aromatic carbocycles. The fraction of sp³-hybridized carbons (Fsp3) is 0.600. The third-order valence-electron chi connectivity index (χ3n) is 1.99. The van der Waals surface area contributed by atoms with Crippen molar-refractivity contribution < 1.29 is 0 Å². The second-order valence-electron chi connectivity index (χ2n) is 3.38. The summed E-state index contributed by atoms with van der Waals surface area (Å²) in [6.07, 6.45) is 2.14. The first-order chi connectivity index (χ1) is 6.65. The highest BCUT2D eigenvalue weighted by Gasteiger charge is 2.12. The minimum Gasteiger partial charge on any atom is -0.306 e. The smallest absolute Gasteiger partial charge is 0.0399 e. The maximum atomic E-state index is 3.58. The van der Waals surface area contributed by atoms with E-state index in [4.69, 9.17) is 0 Å². The van der Waals surface area contributed by atoms with Gasteiger partial charge in [-0.05, 0) is 47.5 Å². The van der Waals surface area contributed by atoms with Gasteiger partial charge < -0.3 is 5.32 Å². The van der Waals surface area contributed by atoms with Crippen LogP contribution in [0.25, 0.3) is 0 Å². The first-order valence-electron chi connectivity index (χ1n) is 4.63. The van der Waals surface area contributed by atoms with Crippen molar-refractivity contribution in [1.82, 2.24) is 5.32 Å². The Kier molecular flexibility index (Phi) is 5.52. The molecule has 0 fully saturated rings. The highest BCUT2D eigenvalue weighted by molar-refractivity contribution is 9.10. The summed E-state index contributed by atoms with van der Waals surface area (Å²) in [5.74, 6) is 1.16. The Morgan fingerprint density at radius 2 is 2.29 bits per heavy atom. The summed E-state index contributed by atoms with van der Waals surface area (Å²) in [5.41, 5.74) is 0. The highest BCUT2D eigenvalue weighted by atomic mass is 79.9. The van der Waals surface area contributed by atoms with E-state index < -0.39 is 0 Å². The molecule has 2 atom stereocenters. The van der Waals surface area contributed by atoms with Gasteiger partial charge in [-0.2, -0.15) is 11.8 Å². The van der Waals surface area contributed by atoms with E-state index in [1.54, 1.807) is 11.3 Å². The lowest BCUT2D eigenvalue weighted by Gasteiger charge is -2.18. The highest BCUT2D eigenvalue weighted by Crippen LogP contribution is 2.28. The number of hydrogen-bond acceptors (Lipinski definition) is 3. The molecule has 0 saturated heterocycles. The van der Waals surface area contributed by atoms with Gasteiger partial charge in [-0.3, -0.25) is 0 Å². The van der Waals surface area contributed by atoms with Crippen molar-refractivity contribution in [2.45, 2.75) is 25.9 Å². The largest absolute Gasteiger partial charge is 0.306 e. The van der Waals surface area contributed by atoms with Gasteiger partial charge in [0, 0.05) is 27.2 Å². The summed E-state index contributed by atoms with van der Waals surface area (Å²) >= 11 is 7.24. The van der Waals surface area contributed by atoms with Crippen LogP contribution in [0.5, 0.6) is 0 Å². The van der Waals surface area contributed by atoms with Crippen LogP contribution >= 0.6 is 39.0 Å². The van der Waals surface area contributed by atoms with Crippen LogP contribution in [0.15, 0.2) is 15.9 Å². The van der Waals surface area contributed by atoms with E-state index in [0.29, 0.717) is 12.1 Å². The summed E-state index contributed by atoms with van der Waals surface area (Å²) in [5, 5.41) is 5.71. The van der Waals surface area contributed by atoms with Crippen LogP contribution in [0.3, 0.4) is 0 Å². The third-order valence-corrected chi connectivity index (χ3v) is 4.88. The van der Waals surface area contributed by atoms with Gasteiger partial charge in [-0.15, -0.1) is 11.3 Å². The number of nitrogens with one attached hydrogen (secondary N) is 1. The molecule has 1 heterocycles. The van der Waals surface area contributed by atoms with Crippen molar-refractivity contribution in [1.29, 1.82) is 0 Å². The molecule has 2 unspecified atom stereocenters. The molecule has 14 heavy (non-hydrogen) atoms. The van der Waals surface area contributed by atoms with E-state index >= 15 is 0 Å². The molecular weight excluding hydrogens is 278 g/mol. The Hall–Kier alpha value is 0.490. The molecule has 0 aliphatic carbocycles. The maximum Gasteiger partial charge on any atom is 0.0399 e. The van der Waals surface area contributed by atoms with Gasteiger partial charge in [0.25, 0.3) is 0 Å². The average molecular weight is 294 g/mol. The Morgan fingerprint density at radius 1 is 1.57 bits per heavy atom. The number of thioether (sulfide) groups is 1. The standard InChI is InChI=1S/C10H16BrNS2/c1-7(6-13-3)12-8(2)10-9(11)4-5-14-10/h4-5,7-8,12H,6H2,1-3H3. The molecule has 80 valence electrons.